The SMILES string of the molecule is CC(C)CN(C)C1=NCCCCN1. The minimum absolute atomic E-state index is 0.692. The van der Waals surface area contributed by atoms with E-state index >= 15 is 0 Å². The Hall–Kier alpha value is -0.730. The molecule has 0 radical (unpaired) electrons. The first kappa shape index (κ1) is 10.4. The summed E-state index contributed by atoms with van der Waals surface area (Å²) in [5.74, 6) is 1.77. The normalized spacial score (nSPS) is 17.7. The number of aliphatic imine (C=N–C) groups is 1. The maximum Gasteiger partial charge on any atom is 0.193 e. The number of nitrogens with one attached hydrogen (secondary N) is 1. The van der Waals surface area contributed by atoms with Crippen molar-refractivity contribution in [3.63, 3.8) is 0 Å². The van der Waals surface area contributed by atoms with Crippen LogP contribution in [0.25, 0.3) is 0 Å². The molecule has 3 heteroatoms. The highest BCUT2D eigenvalue weighted by Gasteiger charge is 2.09. The fraction of sp³-hybridized carbons (Fsp3) is 0.900. The monoisotopic (exact) mass is 183 g/mol. The predicted octanol–water partition coefficient (Wildman–Crippen LogP) is 1.31. The zero-order valence-corrected chi connectivity index (χ0v) is 9.01. The summed E-state index contributed by atoms with van der Waals surface area (Å²) in [6.45, 7) is 7.58. The van der Waals surface area contributed by atoms with Gasteiger partial charge in [-0.15, -0.1) is 0 Å². The van der Waals surface area contributed by atoms with Gasteiger partial charge < -0.3 is 10.2 Å². The second-order valence-electron chi connectivity index (χ2n) is 4.11. The first-order chi connectivity index (χ1) is 6.20. The summed E-state index contributed by atoms with van der Waals surface area (Å²) in [7, 11) is 2.11. The molecule has 0 spiro atoms. The van der Waals surface area contributed by atoms with Crippen molar-refractivity contribution in [2.24, 2.45) is 10.9 Å². The van der Waals surface area contributed by atoms with Gasteiger partial charge in [0, 0.05) is 26.7 Å². The van der Waals surface area contributed by atoms with Crippen LogP contribution in [0.5, 0.6) is 0 Å². The molecule has 0 atom stereocenters. The molecule has 0 aromatic heterocycles. The van der Waals surface area contributed by atoms with Gasteiger partial charge >= 0.3 is 0 Å². The van der Waals surface area contributed by atoms with Crippen LogP contribution in [0.3, 0.4) is 0 Å². The minimum Gasteiger partial charge on any atom is -0.356 e. The van der Waals surface area contributed by atoms with E-state index in [1.165, 1.54) is 12.8 Å². The Bertz CT molecular complexity index is 175. The van der Waals surface area contributed by atoms with Gasteiger partial charge in [-0.05, 0) is 18.8 Å². The minimum atomic E-state index is 0.692. The molecule has 0 amide bonds. The van der Waals surface area contributed by atoms with Crippen molar-refractivity contribution in [3.8, 4) is 0 Å². The van der Waals surface area contributed by atoms with E-state index in [1.54, 1.807) is 0 Å². The van der Waals surface area contributed by atoms with Crippen molar-refractivity contribution in [2.45, 2.75) is 26.7 Å². The standard InChI is InChI=1S/C10H21N3/c1-9(2)8-13(3)10-11-6-4-5-7-12-10/h9H,4-8H2,1-3H3,(H,11,12). The van der Waals surface area contributed by atoms with Crippen LogP contribution in [0, 0.1) is 5.92 Å². The fourth-order valence-electron chi connectivity index (χ4n) is 1.57. The molecule has 0 saturated heterocycles. The van der Waals surface area contributed by atoms with Crippen molar-refractivity contribution in [1.82, 2.24) is 10.2 Å². The third-order valence-corrected chi connectivity index (χ3v) is 2.13. The van der Waals surface area contributed by atoms with Crippen molar-refractivity contribution in [1.29, 1.82) is 0 Å². The molecular formula is C10H21N3. The maximum atomic E-state index is 4.51. The molecule has 1 rings (SSSR count). The van der Waals surface area contributed by atoms with Crippen LogP contribution in [0.15, 0.2) is 4.99 Å². The van der Waals surface area contributed by atoms with Crippen LogP contribution in [0.4, 0.5) is 0 Å². The lowest BCUT2D eigenvalue weighted by Gasteiger charge is -2.23. The first-order valence-electron chi connectivity index (χ1n) is 5.19. The van der Waals surface area contributed by atoms with Gasteiger partial charge in [-0.1, -0.05) is 13.8 Å². The second kappa shape index (κ2) is 5.10. The number of nitrogens with zero attached hydrogens (tertiary/aromatic N) is 2. The quantitative estimate of drug-likeness (QED) is 0.699. The lowest BCUT2D eigenvalue weighted by atomic mass is 10.2. The van der Waals surface area contributed by atoms with Gasteiger partial charge in [0.1, 0.15) is 0 Å². The average molecular weight is 183 g/mol. The van der Waals surface area contributed by atoms with Crippen molar-refractivity contribution in [2.75, 3.05) is 26.7 Å². The fourth-order valence-corrected chi connectivity index (χ4v) is 1.57. The molecule has 13 heavy (non-hydrogen) atoms. The molecule has 1 heterocycles. The topological polar surface area (TPSA) is 27.6 Å². The van der Waals surface area contributed by atoms with Crippen molar-refractivity contribution in [3.05, 3.63) is 0 Å². The molecule has 0 fully saturated rings. The molecule has 0 bridgehead atoms. The molecule has 0 aromatic carbocycles. The van der Waals surface area contributed by atoms with Gasteiger partial charge in [-0.25, -0.2) is 0 Å². The number of hydrogen-bond acceptors (Lipinski definition) is 3. The Balaban J connectivity index is 2.43. The number of guanidine groups is 1. The zero-order valence-electron chi connectivity index (χ0n) is 9.01. The van der Waals surface area contributed by atoms with Crippen LogP contribution in [-0.2, 0) is 0 Å². The smallest absolute Gasteiger partial charge is 0.193 e. The Morgan fingerprint density at radius 1 is 1.46 bits per heavy atom. The number of rotatable bonds is 2. The summed E-state index contributed by atoms with van der Waals surface area (Å²) >= 11 is 0. The zero-order chi connectivity index (χ0) is 9.68. The summed E-state index contributed by atoms with van der Waals surface area (Å²) in [5.41, 5.74) is 0. The molecule has 0 unspecified atom stereocenters. The van der Waals surface area contributed by atoms with Crippen LogP contribution < -0.4 is 5.32 Å². The third-order valence-electron chi connectivity index (χ3n) is 2.13. The van der Waals surface area contributed by atoms with E-state index in [-0.39, 0.29) is 0 Å². The molecule has 0 aliphatic carbocycles. The summed E-state index contributed by atoms with van der Waals surface area (Å²) < 4.78 is 0. The van der Waals surface area contributed by atoms with Crippen molar-refractivity contribution >= 4 is 5.96 Å². The summed E-state index contributed by atoms with van der Waals surface area (Å²) in [5, 5.41) is 3.36. The highest BCUT2D eigenvalue weighted by Crippen LogP contribution is 2.00. The molecule has 76 valence electrons. The van der Waals surface area contributed by atoms with Crippen LogP contribution >= 0.6 is 0 Å². The molecule has 1 aliphatic heterocycles. The van der Waals surface area contributed by atoms with Gasteiger partial charge in [0.2, 0.25) is 0 Å². The van der Waals surface area contributed by atoms with E-state index in [9.17, 15) is 0 Å². The van der Waals surface area contributed by atoms with E-state index in [2.05, 4.69) is 36.1 Å². The van der Waals surface area contributed by atoms with Gasteiger partial charge in [-0.2, -0.15) is 0 Å². The first-order valence-corrected chi connectivity index (χ1v) is 5.19. The highest BCUT2D eigenvalue weighted by molar-refractivity contribution is 5.79. The summed E-state index contributed by atoms with van der Waals surface area (Å²) in [6, 6.07) is 0. The summed E-state index contributed by atoms with van der Waals surface area (Å²) in [6.07, 6.45) is 2.45. The van der Waals surface area contributed by atoms with Crippen LogP contribution in [0.2, 0.25) is 0 Å². The second-order valence-corrected chi connectivity index (χ2v) is 4.11. The van der Waals surface area contributed by atoms with E-state index in [0.29, 0.717) is 5.92 Å². The molecule has 1 N–H and O–H groups in total. The predicted molar refractivity (Wildman–Crippen MR) is 57.0 cm³/mol. The third kappa shape index (κ3) is 3.66. The largest absolute Gasteiger partial charge is 0.356 e. The maximum absolute atomic E-state index is 4.51. The molecular weight excluding hydrogens is 162 g/mol. The van der Waals surface area contributed by atoms with E-state index in [1.807, 2.05) is 0 Å². The van der Waals surface area contributed by atoms with Crippen molar-refractivity contribution < 1.29 is 0 Å². The van der Waals surface area contributed by atoms with Gasteiger partial charge in [0.05, 0.1) is 0 Å². The lowest BCUT2D eigenvalue weighted by molar-refractivity contribution is 0.412. The Morgan fingerprint density at radius 2 is 2.23 bits per heavy atom. The molecule has 0 aromatic rings. The van der Waals surface area contributed by atoms with Gasteiger partial charge in [-0.3, -0.25) is 4.99 Å². The molecule has 1 aliphatic rings. The molecule has 3 nitrogen and oxygen atoms in total. The Labute approximate surface area is 81.2 Å². The van der Waals surface area contributed by atoms with Crippen LogP contribution in [0.1, 0.15) is 26.7 Å². The van der Waals surface area contributed by atoms with Crippen LogP contribution in [-0.4, -0.2) is 37.5 Å². The van der Waals surface area contributed by atoms with E-state index in [0.717, 1.165) is 25.6 Å². The lowest BCUT2D eigenvalue weighted by Crippen LogP contribution is -2.40. The summed E-state index contributed by atoms with van der Waals surface area (Å²) in [4.78, 5) is 6.73. The Kier molecular flexibility index (Phi) is 4.06. The van der Waals surface area contributed by atoms with E-state index < -0.39 is 0 Å². The average Bonchev–Trinajstić information content (AvgIpc) is 2.29. The molecule has 0 saturated carbocycles. The van der Waals surface area contributed by atoms with E-state index in [4.69, 9.17) is 0 Å². The van der Waals surface area contributed by atoms with Gasteiger partial charge in [0.15, 0.2) is 5.96 Å². The Morgan fingerprint density at radius 3 is 2.92 bits per heavy atom. The highest BCUT2D eigenvalue weighted by atomic mass is 15.3. The number of hydrogen-bond donors (Lipinski definition) is 1. The van der Waals surface area contributed by atoms with Gasteiger partial charge in [0.25, 0.3) is 0 Å².